The van der Waals surface area contributed by atoms with E-state index >= 15 is 0 Å². The third kappa shape index (κ3) is 6.34. The lowest BCUT2D eigenvalue weighted by Gasteiger charge is -2.55. The summed E-state index contributed by atoms with van der Waals surface area (Å²) < 4.78 is 11.4. The van der Waals surface area contributed by atoms with Gasteiger partial charge in [0, 0.05) is 56.8 Å². The normalized spacial score (nSPS) is 17.9. The average molecular weight is 565 g/mol. The molecule has 3 amide bonds. The second-order valence-electron chi connectivity index (χ2n) is 12.3. The maximum Gasteiger partial charge on any atom is 0.410 e. The molecule has 2 aromatic rings. The Morgan fingerprint density at radius 2 is 1.78 bits per heavy atom. The number of aromatic nitrogens is 1. The van der Waals surface area contributed by atoms with E-state index in [1.807, 2.05) is 43.9 Å². The predicted molar refractivity (Wildman–Crippen MR) is 157 cm³/mol. The minimum absolute atomic E-state index is 0.0352. The molecule has 2 aliphatic heterocycles. The third-order valence-corrected chi connectivity index (χ3v) is 7.91. The number of anilines is 4. The molecular formula is C30H40N6O5. The molecule has 0 atom stereocenters. The fraction of sp³-hybridized carbons (Fsp3) is 0.533. The quantitative estimate of drug-likeness (QED) is 0.453. The number of carbonyl (C=O) groups excluding carboxylic acids is 3. The van der Waals surface area contributed by atoms with Gasteiger partial charge in [0.2, 0.25) is 5.91 Å². The second-order valence-corrected chi connectivity index (χ2v) is 12.3. The van der Waals surface area contributed by atoms with Gasteiger partial charge in [-0.1, -0.05) is 6.07 Å². The Morgan fingerprint density at radius 3 is 2.39 bits per heavy atom. The number of pyridine rings is 1. The molecule has 0 unspecified atom stereocenters. The number of rotatable bonds is 7. The van der Waals surface area contributed by atoms with Crippen molar-refractivity contribution in [3.05, 3.63) is 36.0 Å². The van der Waals surface area contributed by atoms with Gasteiger partial charge in [0.05, 0.1) is 29.7 Å². The van der Waals surface area contributed by atoms with Gasteiger partial charge in [0.1, 0.15) is 11.4 Å². The van der Waals surface area contributed by atoms with Gasteiger partial charge in [-0.15, -0.1) is 0 Å². The minimum Gasteiger partial charge on any atom is -0.492 e. The van der Waals surface area contributed by atoms with Crippen molar-refractivity contribution in [2.24, 2.45) is 11.3 Å². The van der Waals surface area contributed by atoms with Crippen LogP contribution in [0.3, 0.4) is 0 Å². The van der Waals surface area contributed by atoms with Crippen LogP contribution in [0.25, 0.3) is 0 Å². The van der Waals surface area contributed by atoms with Crippen LogP contribution in [0.5, 0.6) is 5.75 Å². The summed E-state index contributed by atoms with van der Waals surface area (Å²) in [4.78, 5) is 45.8. The van der Waals surface area contributed by atoms with E-state index in [-0.39, 0.29) is 29.2 Å². The summed E-state index contributed by atoms with van der Waals surface area (Å²) in [5, 5.41) is 8.85. The third-order valence-electron chi connectivity index (χ3n) is 7.91. The first kappa shape index (κ1) is 28.5. The molecule has 3 fully saturated rings. The van der Waals surface area contributed by atoms with Crippen LogP contribution in [0.15, 0.2) is 30.5 Å². The summed E-state index contributed by atoms with van der Waals surface area (Å²) in [5.74, 6) is 0.733. The predicted octanol–water partition coefficient (Wildman–Crippen LogP) is 4.38. The Kier molecular flexibility index (Phi) is 7.72. The fourth-order valence-corrected chi connectivity index (χ4v) is 5.49. The van der Waals surface area contributed by atoms with E-state index in [0.717, 1.165) is 44.5 Å². The van der Waals surface area contributed by atoms with E-state index in [2.05, 4.69) is 25.8 Å². The van der Waals surface area contributed by atoms with E-state index in [0.29, 0.717) is 41.6 Å². The zero-order valence-electron chi connectivity index (χ0n) is 24.5. The molecule has 1 aliphatic carbocycles. The van der Waals surface area contributed by atoms with Crippen molar-refractivity contribution >= 4 is 40.8 Å². The molecule has 3 heterocycles. The molecule has 220 valence electrons. The van der Waals surface area contributed by atoms with Crippen LogP contribution in [-0.2, 0) is 9.53 Å². The van der Waals surface area contributed by atoms with Gasteiger partial charge in [-0.25, -0.2) is 9.78 Å². The van der Waals surface area contributed by atoms with E-state index < -0.39 is 5.60 Å². The lowest BCUT2D eigenvalue weighted by molar-refractivity contribution is -0.117. The minimum atomic E-state index is -0.501. The number of piperidine rings is 1. The smallest absolute Gasteiger partial charge is 0.410 e. The average Bonchev–Trinajstić information content (AvgIpc) is 3.76. The molecule has 2 saturated heterocycles. The van der Waals surface area contributed by atoms with E-state index in [4.69, 9.17) is 9.47 Å². The Morgan fingerprint density at radius 1 is 1.07 bits per heavy atom. The lowest BCUT2D eigenvalue weighted by atomic mass is 9.72. The molecule has 3 N–H and O–H groups in total. The zero-order chi connectivity index (χ0) is 29.4. The van der Waals surface area contributed by atoms with Crippen LogP contribution in [0.4, 0.5) is 27.7 Å². The summed E-state index contributed by atoms with van der Waals surface area (Å²) >= 11 is 0. The molecular weight excluding hydrogens is 524 g/mol. The van der Waals surface area contributed by atoms with Crippen molar-refractivity contribution in [1.29, 1.82) is 0 Å². The molecule has 5 rings (SSSR count). The molecule has 1 aromatic carbocycles. The highest BCUT2D eigenvalue weighted by atomic mass is 16.6. The number of benzene rings is 1. The van der Waals surface area contributed by atoms with Gasteiger partial charge in [0.15, 0.2) is 5.75 Å². The lowest BCUT2D eigenvalue weighted by Crippen LogP contribution is -2.61. The maximum absolute atomic E-state index is 12.6. The Labute approximate surface area is 241 Å². The van der Waals surface area contributed by atoms with Crippen LogP contribution in [-0.4, -0.2) is 73.7 Å². The zero-order valence-corrected chi connectivity index (χ0v) is 24.5. The summed E-state index contributed by atoms with van der Waals surface area (Å²) in [5.41, 5.74) is 2.16. The standard InChI is InChI=1S/C30H40N6O5/c1-29(2,3)41-28(39)35-13-11-30(12-14-35)17-36(18-30)23-8-6-7-21(25(23)40-5)33-22-15-24(34-26(37)19-9-10-19)32-16-20(22)27(38)31-4/h6-8,15-16,19H,9-14,17-18H2,1-5H3,(H,31,38)(H2,32,33,34,37). The molecule has 3 aliphatic rings. The Bertz CT molecular complexity index is 1320. The largest absolute Gasteiger partial charge is 0.492 e. The SMILES string of the molecule is CNC(=O)c1cnc(NC(=O)C2CC2)cc1Nc1cccc(N2CC3(CCN(C(=O)OC(C)(C)C)CC3)C2)c1OC. The molecule has 41 heavy (non-hydrogen) atoms. The fourth-order valence-electron chi connectivity index (χ4n) is 5.49. The first-order chi connectivity index (χ1) is 19.5. The molecule has 1 spiro atoms. The molecule has 0 bridgehead atoms. The highest BCUT2D eigenvalue weighted by molar-refractivity contribution is 6.01. The van der Waals surface area contributed by atoms with Crippen molar-refractivity contribution in [2.45, 2.75) is 52.1 Å². The van der Waals surface area contributed by atoms with Crippen LogP contribution in [0.1, 0.15) is 56.8 Å². The van der Waals surface area contributed by atoms with Crippen LogP contribution >= 0.6 is 0 Å². The summed E-state index contributed by atoms with van der Waals surface area (Å²) in [6.07, 6.45) is 4.83. The van der Waals surface area contributed by atoms with E-state index in [1.165, 1.54) is 6.20 Å². The van der Waals surface area contributed by atoms with Crippen molar-refractivity contribution in [3.8, 4) is 5.75 Å². The first-order valence-electron chi connectivity index (χ1n) is 14.2. The van der Waals surface area contributed by atoms with Crippen molar-refractivity contribution in [3.63, 3.8) is 0 Å². The topological polar surface area (TPSA) is 125 Å². The molecule has 1 saturated carbocycles. The number of para-hydroxylation sites is 1. The van der Waals surface area contributed by atoms with E-state index in [9.17, 15) is 14.4 Å². The van der Waals surface area contributed by atoms with Gasteiger partial charge in [0.25, 0.3) is 5.91 Å². The van der Waals surface area contributed by atoms with Crippen LogP contribution in [0.2, 0.25) is 0 Å². The molecule has 1 aromatic heterocycles. The summed E-state index contributed by atoms with van der Waals surface area (Å²) in [6, 6.07) is 7.55. The van der Waals surface area contributed by atoms with Gasteiger partial charge < -0.3 is 35.2 Å². The highest BCUT2D eigenvalue weighted by Gasteiger charge is 2.46. The van der Waals surface area contributed by atoms with Crippen molar-refractivity contribution < 1.29 is 23.9 Å². The van der Waals surface area contributed by atoms with Crippen LogP contribution in [0, 0.1) is 11.3 Å². The summed E-state index contributed by atoms with van der Waals surface area (Å²) in [7, 11) is 3.19. The summed E-state index contributed by atoms with van der Waals surface area (Å²) in [6.45, 7) is 8.76. The maximum atomic E-state index is 12.6. The number of carbonyl (C=O) groups is 3. The number of nitrogens with one attached hydrogen (secondary N) is 3. The number of likely N-dealkylation sites (tertiary alicyclic amines) is 1. The van der Waals surface area contributed by atoms with Crippen molar-refractivity contribution in [1.82, 2.24) is 15.2 Å². The first-order valence-corrected chi connectivity index (χ1v) is 14.2. The van der Waals surface area contributed by atoms with E-state index in [1.54, 1.807) is 20.2 Å². The van der Waals surface area contributed by atoms with Crippen LogP contribution < -0.4 is 25.6 Å². The monoisotopic (exact) mass is 564 g/mol. The van der Waals surface area contributed by atoms with Crippen molar-refractivity contribution in [2.75, 3.05) is 55.9 Å². The van der Waals surface area contributed by atoms with Gasteiger partial charge in [-0.3, -0.25) is 9.59 Å². The highest BCUT2D eigenvalue weighted by Crippen LogP contribution is 2.47. The number of methoxy groups -OCH3 is 1. The number of nitrogens with zero attached hydrogens (tertiary/aromatic N) is 3. The Balaban J connectivity index is 1.30. The second kappa shape index (κ2) is 11.1. The molecule has 11 nitrogen and oxygen atoms in total. The molecule has 11 heteroatoms. The number of hydrogen-bond donors (Lipinski definition) is 3. The number of hydrogen-bond acceptors (Lipinski definition) is 8. The molecule has 0 radical (unpaired) electrons. The van der Waals surface area contributed by atoms with Gasteiger partial charge in [-0.05, 0) is 58.6 Å². The number of amides is 3. The Hall–Kier alpha value is -4.02. The number of ether oxygens (including phenoxy) is 2. The van der Waals surface area contributed by atoms with Gasteiger partial charge >= 0.3 is 6.09 Å². The van der Waals surface area contributed by atoms with Gasteiger partial charge in [-0.2, -0.15) is 0 Å².